The van der Waals surface area contributed by atoms with Gasteiger partial charge in [-0.2, -0.15) is 0 Å². The summed E-state index contributed by atoms with van der Waals surface area (Å²) in [5, 5.41) is 0. The Kier molecular flexibility index (Phi) is 24.7. The molecule has 2 aliphatic rings. The predicted molar refractivity (Wildman–Crippen MR) is 213 cm³/mol. The van der Waals surface area contributed by atoms with Gasteiger partial charge in [-0.3, -0.25) is 29.0 Å². The quantitative estimate of drug-likeness (QED) is 0.0245. The normalized spacial score (nSPS) is 18.1. The third-order valence-corrected chi connectivity index (χ3v) is 10.7. The van der Waals surface area contributed by atoms with Crippen molar-refractivity contribution in [1.29, 1.82) is 0 Å². The van der Waals surface area contributed by atoms with E-state index in [9.17, 15) is 19.2 Å². The molecule has 4 amide bonds. The molecular formula is C45H72N2O4. The summed E-state index contributed by atoms with van der Waals surface area (Å²) >= 11 is 0. The van der Waals surface area contributed by atoms with Gasteiger partial charge in [0.1, 0.15) is 0 Å². The molecule has 0 radical (unpaired) electrons. The maximum atomic E-state index is 12.0. The molecule has 6 nitrogen and oxygen atoms in total. The summed E-state index contributed by atoms with van der Waals surface area (Å²) in [6.45, 7) is 7.31. The molecule has 2 rings (SSSR count). The predicted octanol–water partition coefficient (Wildman–Crippen LogP) is 11.5. The van der Waals surface area contributed by atoms with Crippen molar-refractivity contribution in [3.63, 3.8) is 0 Å². The Bertz CT molecular complexity index is 1140. The zero-order valence-corrected chi connectivity index (χ0v) is 32.8. The van der Waals surface area contributed by atoms with Crippen LogP contribution >= 0.6 is 0 Å². The van der Waals surface area contributed by atoms with Crippen LogP contribution in [-0.4, -0.2) is 47.0 Å². The summed E-state index contributed by atoms with van der Waals surface area (Å²) in [6, 6.07) is 0. The van der Waals surface area contributed by atoms with Crippen LogP contribution in [0.4, 0.5) is 0 Å². The molecule has 0 spiro atoms. The number of carbonyl (C=O) groups excluding carboxylic acids is 4. The number of carbonyl (C=O) groups is 4. The van der Waals surface area contributed by atoms with Crippen molar-refractivity contribution in [3.8, 4) is 0 Å². The first-order valence-electron chi connectivity index (χ1n) is 20.9. The number of allylic oxidation sites excluding steroid dienone is 7. The Morgan fingerprint density at radius 3 is 1.92 bits per heavy atom. The second kappa shape index (κ2) is 28.6. The Labute approximate surface area is 312 Å². The third-order valence-electron chi connectivity index (χ3n) is 10.7. The van der Waals surface area contributed by atoms with Gasteiger partial charge in [0.25, 0.3) is 17.7 Å². The van der Waals surface area contributed by atoms with Crippen molar-refractivity contribution in [2.24, 2.45) is 11.8 Å². The molecule has 0 fully saturated rings. The molecule has 0 bridgehead atoms. The number of nitrogens with zero attached hydrogens (tertiary/aromatic N) is 2. The van der Waals surface area contributed by atoms with E-state index in [2.05, 4.69) is 38.2 Å². The molecule has 2 unspecified atom stereocenters. The van der Waals surface area contributed by atoms with Gasteiger partial charge < -0.3 is 0 Å². The minimum atomic E-state index is -0.223. The number of hydrogen-bond acceptors (Lipinski definition) is 4. The van der Waals surface area contributed by atoms with Crippen LogP contribution in [0, 0.1) is 11.8 Å². The van der Waals surface area contributed by atoms with Gasteiger partial charge in [-0.15, -0.1) is 0 Å². The highest BCUT2D eigenvalue weighted by molar-refractivity contribution is 6.12. The van der Waals surface area contributed by atoms with E-state index < -0.39 is 0 Å². The Morgan fingerprint density at radius 1 is 0.706 bits per heavy atom. The van der Waals surface area contributed by atoms with Crippen LogP contribution in [0.1, 0.15) is 175 Å². The smallest absolute Gasteiger partial charge is 0.253 e. The van der Waals surface area contributed by atoms with Crippen LogP contribution in [-0.2, 0) is 19.2 Å². The molecule has 2 atom stereocenters. The molecule has 0 aromatic carbocycles. The summed E-state index contributed by atoms with van der Waals surface area (Å²) in [5.41, 5.74) is 3.64. The highest BCUT2D eigenvalue weighted by Gasteiger charge is 2.28. The average molecular weight is 705 g/mol. The van der Waals surface area contributed by atoms with Crippen LogP contribution in [0.5, 0.6) is 0 Å². The number of hydrogen-bond donors (Lipinski definition) is 0. The fourth-order valence-corrected chi connectivity index (χ4v) is 7.81. The van der Waals surface area contributed by atoms with Gasteiger partial charge in [0.2, 0.25) is 6.41 Å². The molecule has 0 N–H and O–H groups in total. The van der Waals surface area contributed by atoms with E-state index in [0.717, 1.165) is 56.8 Å². The Morgan fingerprint density at radius 2 is 1.27 bits per heavy atom. The van der Waals surface area contributed by atoms with E-state index in [0.29, 0.717) is 19.5 Å². The lowest BCUT2D eigenvalue weighted by atomic mass is 9.70. The highest BCUT2D eigenvalue weighted by Crippen LogP contribution is 2.43. The molecule has 0 aromatic heterocycles. The topological polar surface area (TPSA) is 74.8 Å². The Hall–Kier alpha value is -3.02. The van der Waals surface area contributed by atoms with E-state index in [-0.39, 0.29) is 17.7 Å². The fourth-order valence-electron chi connectivity index (χ4n) is 7.81. The summed E-state index contributed by atoms with van der Waals surface area (Å²) in [6.07, 6.45) is 44.6. The molecular weight excluding hydrogens is 633 g/mol. The van der Waals surface area contributed by atoms with Gasteiger partial charge in [-0.25, -0.2) is 0 Å². The van der Waals surface area contributed by atoms with Crippen molar-refractivity contribution in [2.75, 3.05) is 13.1 Å². The van der Waals surface area contributed by atoms with Crippen LogP contribution in [0.15, 0.2) is 59.8 Å². The minimum absolute atomic E-state index is 0.167. The van der Waals surface area contributed by atoms with E-state index >= 15 is 0 Å². The largest absolute Gasteiger partial charge is 0.282 e. The summed E-state index contributed by atoms with van der Waals surface area (Å²) in [5.74, 6) is 0.897. The lowest BCUT2D eigenvalue weighted by Gasteiger charge is -2.35. The van der Waals surface area contributed by atoms with E-state index in [1.54, 1.807) is 13.0 Å². The van der Waals surface area contributed by atoms with Gasteiger partial charge >= 0.3 is 0 Å². The van der Waals surface area contributed by atoms with Crippen LogP contribution in [0.25, 0.3) is 0 Å². The zero-order valence-electron chi connectivity index (χ0n) is 32.8. The molecule has 51 heavy (non-hydrogen) atoms. The first kappa shape index (κ1) is 44.1. The maximum absolute atomic E-state index is 12.0. The second-order valence-corrected chi connectivity index (χ2v) is 14.7. The molecule has 0 aromatic rings. The highest BCUT2D eigenvalue weighted by atomic mass is 16.2. The molecule has 0 saturated heterocycles. The van der Waals surface area contributed by atoms with Gasteiger partial charge in [0, 0.05) is 25.2 Å². The van der Waals surface area contributed by atoms with Crippen LogP contribution < -0.4 is 0 Å². The standard InChI is InChI=1S/C45H72N2O4/c1-4-7-9-11-17-23-30-41-39(28-21-10-8-5-2)32-33-40(29-22-16-12-14-19-25-36-46(38-48)43(49)27-6-3)42(41)31-24-18-13-15-20-26-37-47-44(50)34-35-45(47)51/h6,8-11,27,34-35,38-40H,4-5,7,12-26,28-33,36-37H2,1-3H3/b10-8+,11-9+,27-6-. The van der Waals surface area contributed by atoms with E-state index in [1.165, 1.54) is 137 Å². The van der Waals surface area contributed by atoms with Gasteiger partial charge in [-0.1, -0.05) is 120 Å². The minimum Gasteiger partial charge on any atom is -0.282 e. The van der Waals surface area contributed by atoms with Gasteiger partial charge in [0.15, 0.2) is 0 Å². The van der Waals surface area contributed by atoms with Crippen LogP contribution in [0.3, 0.4) is 0 Å². The first-order valence-corrected chi connectivity index (χ1v) is 20.9. The third kappa shape index (κ3) is 18.3. The molecule has 1 aliphatic heterocycles. The molecule has 286 valence electrons. The lowest BCUT2D eigenvalue weighted by Crippen LogP contribution is -2.30. The van der Waals surface area contributed by atoms with Crippen molar-refractivity contribution in [2.45, 2.75) is 175 Å². The number of unbranched alkanes of at least 4 members (excludes halogenated alkanes) is 12. The second-order valence-electron chi connectivity index (χ2n) is 14.7. The van der Waals surface area contributed by atoms with Crippen molar-refractivity contribution in [1.82, 2.24) is 9.80 Å². The van der Waals surface area contributed by atoms with E-state index in [4.69, 9.17) is 0 Å². The SMILES string of the molecule is C/C=C\C(=O)N(C=O)CCCCCCCCC1CCC(CC/C=C/CC)C(CCC/C=C/CCC)=C1CCCCCCCCN1C(=O)C=CC1=O. The van der Waals surface area contributed by atoms with Crippen molar-refractivity contribution < 1.29 is 19.2 Å². The summed E-state index contributed by atoms with van der Waals surface area (Å²) in [7, 11) is 0. The molecule has 1 aliphatic carbocycles. The van der Waals surface area contributed by atoms with Gasteiger partial charge in [-0.05, 0) is 115 Å². The molecule has 6 heteroatoms. The van der Waals surface area contributed by atoms with E-state index in [1.807, 2.05) is 11.1 Å². The average Bonchev–Trinajstić information content (AvgIpc) is 3.45. The number of imide groups is 2. The summed E-state index contributed by atoms with van der Waals surface area (Å²) in [4.78, 5) is 49.5. The zero-order chi connectivity index (χ0) is 36.9. The molecule has 0 saturated carbocycles. The monoisotopic (exact) mass is 705 g/mol. The summed E-state index contributed by atoms with van der Waals surface area (Å²) < 4.78 is 0. The van der Waals surface area contributed by atoms with Gasteiger partial charge in [0.05, 0.1) is 0 Å². The molecule has 1 heterocycles. The Balaban J connectivity index is 1.94. The first-order chi connectivity index (χ1) is 25.0. The van der Waals surface area contributed by atoms with Crippen molar-refractivity contribution >= 4 is 24.1 Å². The number of amides is 4. The number of rotatable bonds is 30. The fraction of sp³-hybridized carbons (Fsp3) is 0.689. The maximum Gasteiger partial charge on any atom is 0.253 e. The van der Waals surface area contributed by atoms with Crippen molar-refractivity contribution in [3.05, 3.63) is 59.8 Å². The lowest BCUT2D eigenvalue weighted by molar-refractivity contribution is -0.137. The van der Waals surface area contributed by atoms with Crippen LogP contribution in [0.2, 0.25) is 0 Å².